The topological polar surface area (TPSA) is 44.3 Å². The van der Waals surface area contributed by atoms with E-state index < -0.39 is 0 Å². The van der Waals surface area contributed by atoms with Crippen molar-refractivity contribution in [3.8, 4) is 0 Å². The van der Waals surface area contributed by atoms with Crippen molar-refractivity contribution in [2.45, 2.75) is 26.8 Å². The van der Waals surface area contributed by atoms with Crippen molar-refractivity contribution in [3.05, 3.63) is 11.8 Å². The molecule has 0 aromatic carbocycles. The predicted octanol–water partition coefficient (Wildman–Crippen LogP) is 1.60. The van der Waals surface area contributed by atoms with Crippen LogP contribution in [0.25, 0.3) is 0 Å². The van der Waals surface area contributed by atoms with Crippen LogP contribution in [-0.2, 0) is 0 Å². The Morgan fingerprint density at radius 1 is 1.39 bits per heavy atom. The van der Waals surface area contributed by atoms with Crippen LogP contribution in [0.1, 0.15) is 19.4 Å². The van der Waals surface area contributed by atoms with Gasteiger partial charge in [-0.25, -0.2) is 4.98 Å². The van der Waals surface area contributed by atoms with Crippen LogP contribution in [0.5, 0.6) is 0 Å². The van der Waals surface area contributed by atoms with E-state index in [1.165, 1.54) is 0 Å². The molecule has 1 unspecified atom stereocenters. The molecule has 0 fully saturated rings. The summed E-state index contributed by atoms with van der Waals surface area (Å²) in [6.45, 7) is 8.39. The van der Waals surface area contributed by atoms with Crippen LogP contribution in [0.3, 0.4) is 0 Å². The van der Waals surface area contributed by atoms with Gasteiger partial charge in [0.15, 0.2) is 0 Å². The minimum Gasteiger partial charge on any atom is -0.357 e. The highest BCUT2D eigenvalue weighted by atomic mass is 15.3. The van der Waals surface area contributed by atoms with Crippen LogP contribution in [0.2, 0.25) is 0 Å². The summed E-state index contributed by atoms with van der Waals surface area (Å²) in [5.74, 6) is 1.69. The monoisotopic (exact) mass is 251 g/mol. The Labute approximate surface area is 110 Å². The summed E-state index contributed by atoms with van der Waals surface area (Å²) in [5, 5.41) is 2.99. The van der Waals surface area contributed by atoms with Gasteiger partial charge in [-0.15, -0.1) is 0 Å². The molecule has 1 heterocycles. The van der Waals surface area contributed by atoms with Gasteiger partial charge in [-0.05, 0) is 34.9 Å². The number of likely N-dealkylation sites (N-methyl/N-ethyl adjacent to an activating group) is 2. The molecule has 0 spiro atoms. The molecule has 0 aliphatic rings. The van der Waals surface area contributed by atoms with Gasteiger partial charge in [0, 0.05) is 37.9 Å². The second kappa shape index (κ2) is 6.54. The number of aromatic nitrogens is 2. The number of hydrogen-bond donors (Lipinski definition) is 1. The molecular formula is C13H25N5. The lowest BCUT2D eigenvalue weighted by Gasteiger charge is -2.32. The van der Waals surface area contributed by atoms with E-state index in [1.54, 1.807) is 0 Å². The lowest BCUT2D eigenvalue weighted by atomic mass is 10.2. The minimum absolute atomic E-state index is 0.420. The molecule has 0 aliphatic heterocycles. The number of anilines is 2. The quantitative estimate of drug-likeness (QED) is 0.832. The van der Waals surface area contributed by atoms with E-state index in [2.05, 4.69) is 60.0 Å². The lowest BCUT2D eigenvalue weighted by molar-refractivity contribution is 0.372. The Hall–Kier alpha value is -1.36. The molecule has 1 atom stereocenters. The summed E-state index contributed by atoms with van der Waals surface area (Å²) >= 11 is 0. The molecular weight excluding hydrogens is 226 g/mol. The SMILES string of the molecule is CCN(c1nc(NC)ncc1C)C(C)CN(C)C. The Balaban J connectivity index is 3.00. The maximum Gasteiger partial charge on any atom is 0.224 e. The van der Waals surface area contributed by atoms with Crippen molar-refractivity contribution < 1.29 is 0 Å². The van der Waals surface area contributed by atoms with Gasteiger partial charge in [-0.1, -0.05) is 0 Å². The number of aryl methyl sites for hydroxylation is 1. The number of rotatable bonds is 6. The van der Waals surface area contributed by atoms with Crippen LogP contribution in [0, 0.1) is 6.92 Å². The fourth-order valence-electron chi connectivity index (χ4n) is 2.14. The Morgan fingerprint density at radius 2 is 2.06 bits per heavy atom. The van der Waals surface area contributed by atoms with Gasteiger partial charge in [-0.3, -0.25) is 0 Å². The average molecular weight is 251 g/mol. The summed E-state index contributed by atoms with van der Waals surface area (Å²) in [6, 6.07) is 0.420. The second-order valence-electron chi connectivity index (χ2n) is 4.85. The van der Waals surface area contributed by atoms with Gasteiger partial charge in [0.2, 0.25) is 5.95 Å². The first-order chi connectivity index (χ1) is 8.49. The Bertz CT molecular complexity index is 378. The Morgan fingerprint density at radius 3 is 2.56 bits per heavy atom. The molecule has 0 bridgehead atoms. The largest absolute Gasteiger partial charge is 0.357 e. The van der Waals surface area contributed by atoms with Gasteiger partial charge in [0.05, 0.1) is 0 Å². The van der Waals surface area contributed by atoms with Crippen LogP contribution < -0.4 is 10.2 Å². The summed E-state index contributed by atoms with van der Waals surface area (Å²) in [4.78, 5) is 13.3. The maximum absolute atomic E-state index is 4.58. The van der Waals surface area contributed by atoms with E-state index in [0.29, 0.717) is 12.0 Å². The van der Waals surface area contributed by atoms with Crippen molar-refractivity contribution in [2.75, 3.05) is 44.4 Å². The zero-order valence-electron chi connectivity index (χ0n) is 12.4. The highest BCUT2D eigenvalue weighted by Crippen LogP contribution is 2.20. The summed E-state index contributed by atoms with van der Waals surface area (Å²) in [7, 11) is 6.03. The minimum atomic E-state index is 0.420. The molecule has 0 saturated carbocycles. The van der Waals surface area contributed by atoms with Gasteiger partial charge < -0.3 is 15.1 Å². The summed E-state index contributed by atoms with van der Waals surface area (Å²) in [6.07, 6.45) is 1.87. The summed E-state index contributed by atoms with van der Waals surface area (Å²) < 4.78 is 0. The zero-order chi connectivity index (χ0) is 13.7. The van der Waals surface area contributed by atoms with E-state index in [1.807, 2.05) is 13.2 Å². The first kappa shape index (κ1) is 14.7. The van der Waals surface area contributed by atoms with Crippen LogP contribution >= 0.6 is 0 Å². The molecule has 0 saturated heterocycles. The molecule has 0 aliphatic carbocycles. The third-order valence-corrected chi connectivity index (χ3v) is 2.94. The van der Waals surface area contributed by atoms with Crippen LogP contribution in [-0.4, -0.2) is 55.1 Å². The predicted molar refractivity (Wildman–Crippen MR) is 77.4 cm³/mol. The number of hydrogen-bond acceptors (Lipinski definition) is 5. The third kappa shape index (κ3) is 3.57. The molecule has 18 heavy (non-hydrogen) atoms. The fraction of sp³-hybridized carbons (Fsp3) is 0.692. The average Bonchev–Trinajstić information content (AvgIpc) is 2.31. The number of nitrogens with one attached hydrogen (secondary N) is 1. The molecule has 1 aromatic heterocycles. The van der Waals surface area contributed by atoms with E-state index in [0.717, 1.165) is 24.5 Å². The van der Waals surface area contributed by atoms with Gasteiger partial charge in [0.1, 0.15) is 5.82 Å². The van der Waals surface area contributed by atoms with Crippen molar-refractivity contribution in [1.82, 2.24) is 14.9 Å². The van der Waals surface area contributed by atoms with Crippen molar-refractivity contribution in [3.63, 3.8) is 0 Å². The van der Waals surface area contributed by atoms with E-state index in [9.17, 15) is 0 Å². The molecule has 1 rings (SSSR count). The molecule has 0 amide bonds. The standard InChI is InChI=1S/C13H25N5/c1-7-18(11(3)9-17(5)6)12-10(2)8-15-13(14-4)16-12/h8,11H,7,9H2,1-6H3,(H,14,15,16). The molecule has 5 nitrogen and oxygen atoms in total. The maximum atomic E-state index is 4.58. The molecule has 0 radical (unpaired) electrons. The molecule has 1 N–H and O–H groups in total. The van der Waals surface area contributed by atoms with Gasteiger partial charge in [0.25, 0.3) is 0 Å². The molecule has 5 heteroatoms. The van der Waals surface area contributed by atoms with Gasteiger partial charge in [-0.2, -0.15) is 4.98 Å². The first-order valence-electron chi connectivity index (χ1n) is 6.42. The lowest BCUT2D eigenvalue weighted by Crippen LogP contribution is -2.41. The van der Waals surface area contributed by atoms with E-state index in [-0.39, 0.29) is 0 Å². The highest BCUT2D eigenvalue weighted by molar-refractivity contribution is 5.49. The zero-order valence-corrected chi connectivity index (χ0v) is 12.4. The third-order valence-electron chi connectivity index (χ3n) is 2.94. The molecule has 1 aromatic rings. The molecule has 102 valence electrons. The van der Waals surface area contributed by atoms with Gasteiger partial charge >= 0.3 is 0 Å². The smallest absolute Gasteiger partial charge is 0.224 e. The van der Waals surface area contributed by atoms with E-state index in [4.69, 9.17) is 0 Å². The normalized spacial score (nSPS) is 12.6. The van der Waals surface area contributed by atoms with Crippen LogP contribution in [0.15, 0.2) is 6.20 Å². The fourth-order valence-corrected chi connectivity index (χ4v) is 2.14. The Kier molecular flexibility index (Phi) is 5.34. The highest BCUT2D eigenvalue weighted by Gasteiger charge is 2.17. The van der Waals surface area contributed by atoms with Crippen molar-refractivity contribution in [1.29, 1.82) is 0 Å². The van der Waals surface area contributed by atoms with Crippen molar-refractivity contribution in [2.24, 2.45) is 0 Å². The number of nitrogens with zero attached hydrogens (tertiary/aromatic N) is 4. The van der Waals surface area contributed by atoms with E-state index >= 15 is 0 Å². The van der Waals surface area contributed by atoms with Crippen LogP contribution in [0.4, 0.5) is 11.8 Å². The summed E-state index contributed by atoms with van der Waals surface area (Å²) in [5.41, 5.74) is 1.11. The van der Waals surface area contributed by atoms with Crippen molar-refractivity contribution >= 4 is 11.8 Å². The first-order valence-corrected chi connectivity index (χ1v) is 6.42. The second-order valence-corrected chi connectivity index (χ2v) is 4.85.